The maximum atomic E-state index is 13.9. The van der Waals surface area contributed by atoms with Crippen molar-refractivity contribution in [3.8, 4) is 22.6 Å². The van der Waals surface area contributed by atoms with E-state index in [2.05, 4.69) is 20.9 Å². The number of fused-ring (bicyclic) bond motifs is 1. The predicted octanol–water partition coefficient (Wildman–Crippen LogP) is -4.24. The van der Waals surface area contributed by atoms with Crippen molar-refractivity contribution in [2.75, 3.05) is 32.9 Å². The molecule has 5 saturated heterocycles. The molecule has 418 valence electrons. The maximum Gasteiger partial charge on any atom is 0.252 e. The summed E-state index contributed by atoms with van der Waals surface area (Å²) in [4.78, 5) is 56.7. The normalized spacial score (nSPS) is 36.5. The van der Waals surface area contributed by atoms with Crippen molar-refractivity contribution in [2.45, 2.75) is 169 Å². The lowest BCUT2D eigenvalue weighted by Crippen LogP contribution is -2.68. The molecule has 0 aromatic heterocycles. The van der Waals surface area contributed by atoms with Crippen molar-refractivity contribution in [1.82, 2.24) is 20.9 Å². The fourth-order valence-corrected chi connectivity index (χ4v) is 9.89. The Balaban J connectivity index is 0.974. The molecule has 5 fully saturated rings. The second-order valence-corrected chi connectivity index (χ2v) is 19.1. The molecule has 5 heterocycles. The molecule has 2 aromatic rings. The van der Waals surface area contributed by atoms with Gasteiger partial charge in [0.1, 0.15) is 84.7 Å². The molecule has 0 bridgehead atoms. The summed E-state index contributed by atoms with van der Waals surface area (Å²) in [5, 5.41) is 115. The number of hydrogen-bond donors (Lipinski definition) is 13. The molecular formula is C48H67FN4O22. The van der Waals surface area contributed by atoms with Crippen LogP contribution < -0.4 is 16.0 Å². The minimum absolute atomic E-state index is 0.0339. The Kier molecular flexibility index (Phi) is 19.4. The average Bonchev–Trinajstić information content (AvgIpc) is 4.12. The van der Waals surface area contributed by atoms with Crippen molar-refractivity contribution < 1.29 is 113 Å². The van der Waals surface area contributed by atoms with Crippen LogP contribution in [0.4, 0.5) is 4.53 Å². The van der Waals surface area contributed by atoms with Crippen LogP contribution >= 0.6 is 0 Å². The lowest BCUT2D eigenvalue weighted by molar-refractivity contribution is -0.350. The highest BCUT2D eigenvalue weighted by Crippen LogP contribution is 2.43. The van der Waals surface area contributed by atoms with E-state index in [1.54, 1.807) is 31.2 Å². The van der Waals surface area contributed by atoms with E-state index in [1.807, 2.05) is 0 Å². The van der Waals surface area contributed by atoms with Crippen molar-refractivity contribution in [3.05, 3.63) is 47.5 Å². The Morgan fingerprint density at radius 2 is 1.16 bits per heavy atom. The molecule has 0 saturated carbocycles. The Hall–Kier alpha value is -4.79. The van der Waals surface area contributed by atoms with E-state index < -0.39 is 159 Å². The van der Waals surface area contributed by atoms with E-state index in [0.717, 1.165) is 0 Å². The van der Waals surface area contributed by atoms with Gasteiger partial charge >= 0.3 is 0 Å². The zero-order valence-electron chi connectivity index (χ0n) is 41.4. The zero-order chi connectivity index (χ0) is 54.6. The number of benzene rings is 2. The quantitative estimate of drug-likeness (QED) is 0.0559. The van der Waals surface area contributed by atoms with E-state index in [4.69, 9.17) is 33.2 Å². The van der Waals surface area contributed by atoms with Gasteiger partial charge in [-0.1, -0.05) is 19.1 Å². The number of phenols is 2. The van der Waals surface area contributed by atoms with Crippen LogP contribution in [0.1, 0.15) is 45.2 Å². The number of halogens is 1. The Labute approximate surface area is 429 Å². The van der Waals surface area contributed by atoms with Crippen LogP contribution in [0.15, 0.2) is 36.4 Å². The lowest BCUT2D eigenvalue weighted by Gasteiger charge is -2.47. The molecule has 4 amide bonds. The number of ether oxygens (including phenoxy) is 7. The van der Waals surface area contributed by atoms with E-state index >= 15 is 0 Å². The SMILES string of the molecule is CCCOC1C(C(=O)NCCc2ccc(O)c(-c3cc(CCNC(=O)C4OC(OC5C(O)C(CO)OC(C)C5NC(C)=O)C(O)C(O)C4OF)ccc3O)c2)OC(OC2C(O)C(CO)OC3C2N3C(C)=O)C(O)C1O. The Morgan fingerprint density at radius 3 is 1.65 bits per heavy atom. The molecule has 2 aromatic carbocycles. The zero-order valence-corrected chi connectivity index (χ0v) is 41.4. The van der Waals surface area contributed by atoms with Crippen molar-refractivity contribution >= 4 is 23.6 Å². The van der Waals surface area contributed by atoms with E-state index in [0.29, 0.717) is 17.5 Å². The summed E-state index contributed by atoms with van der Waals surface area (Å²) in [7, 11) is 0. The van der Waals surface area contributed by atoms with E-state index in [9.17, 15) is 74.8 Å². The van der Waals surface area contributed by atoms with Gasteiger partial charge in [0.05, 0.1) is 25.4 Å². The molecule has 20 unspecified atom stereocenters. The van der Waals surface area contributed by atoms with Crippen molar-refractivity contribution in [3.63, 3.8) is 0 Å². The Bertz CT molecular complexity index is 2310. The number of rotatable bonds is 20. The van der Waals surface area contributed by atoms with Gasteiger partial charge in [-0.2, -0.15) is 4.94 Å². The third kappa shape index (κ3) is 12.6. The number of aliphatic hydroxyl groups is 8. The van der Waals surface area contributed by atoms with Crippen LogP contribution in [0, 0.1) is 0 Å². The second-order valence-electron chi connectivity index (χ2n) is 19.1. The maximum absolute atomic E-state index is 13.9. The number of aliphatic hydroxyl groups excluding tert-OH is 8. The number of hydrogen-bond acceptors (Lipinski definition) is 22. The van der Waals surface area contributed by atoms with Crippen LogP contribution in [0.25, 0.3) is 11.1 Å². The number of carbonyl (C=O) groups excluding carboxylic acids is 4. The first-order chi connectivity index (χ1) is 35.7. The lowest BCUT2D eigenvalue weighted by atomic mass is 9.92. The van der Waals surface area contributed by atoms with Gasteiger partial charge in [0.2, 0.25) is 11.8 Å². The first-order valence-corrected chi connectivity index (χ1v) is 24.6. The van der Waals surface area contributed by atoms with Crippen LogP contribution in [-0.4, -0.2) is 235 Å². The van der Waals surface area contributed by atoms with Gasteiger partial charge in [-0.15, -0.1) is 0 Å². The third-order valence-electron chi connectivity index (χ3n) is 13.9. The first-order valence-electron chi connectivity index (χ1n) is 24.6. The van der Waals surface area contributed by atoms with Crippen molar-refractivity contribution in [1.29, 1.82) is 0 Å². The number of nitrogens with zero attached hydrogens (tertiary/aromatic N) is 1. The summed E-state index contributed by atoms with van der Waals surface area (Å²) in [6.45, 7) is 4.43. The van der Waals surface area contributed by atoms with Crippen LogP contribution in [0.2, 0.25) is 0 Å². The standard InChI is InChI=1S/C48H67FN4O22/c1-5-14-68-40-34(62)36(64)48(72-39-31-46(53(31)21(4)57)70-29(18-55)33(39)61)73-42(40)44(66)50-12-10-22-6-8-26(58)24(15-22)25-16-23(7-9-27(25)59)11-13-51-45(67)43-41(75-49)35(63)37(65)47(74-43)71-38-30(52-20(3)56)19(2)69-28(17-54)32(38)60/h6-9,15-16,19,28-43,46-48,54-55,58-65H,5,10-14,17-18H2,1-4H3,(H,50,66)(H,51,67)(H,52,56). The van der Waals surface area contributed by atoms with Crippen LogP contribution in [-0.2, 0) is 70.1 Å². The smallest absolute Gasteiger partial charge is 0.252 e. The molecule has 20 atom stereocenters. The van der Waals surface area contributed by atoms with Gasteiger partial charge < -0.3 is 105 Å². The molecule has 5 aliphatic rings. The molecule has 0 aliphatic carbocycles. The highest BCUT2D eigenvalue weighted by Gasteiger charge is 2.64. The van der Waals surface area contributed by atoms with Crippen LogP contribution in [0.5, 0.6) is 11.5 Å². The summed E-state index contributed by atoms with van der Waals surface area (Å²) in [5.74, 6) is -3.16. The highest BCUT2D eigenvalue weighted by molar-refractivity contribution is 5.82. The number of amides is 4. The number of phenolic OH excluding ortho intramolecular Hbond substituents is 2. The molecule has 5 aliphatic heterocycles. The minimum Gasteiger partial charge on any atom is -0.507 e. The summed E-state index contributed by atoms with van der Waals surface area (Å²) in [5.41, 5.74) is 1.47. The second kappa shape index (κ2) is 25.1. The number of aromatic hydroxyl groups is 2. The molecule has 0 radical (unpaired) electrons. The number of carbonyl (C=O) groups is 4. The van der Waals surface area contributed by atoms with E-state index in [1.165, 1.54) is 37.8 Å². The van der Waals surface area contributed by atoms with Gasteiger partial charge in [-0.05, 0) is 66.1 Å². The topological polar surface area (TPSA) is 384 Å². The summed E-state index contributed by atoms with van der Waals surface area (Å²) in [6, 6.07) is 7.11. The van der Waals surface area contributed by atoms with E-state index in [-0.39, 0.29) is 55.2 Å². The predicted molar refractivity (Wildman–Crippen MR) is 249 cm³/mol. The molecular weight excluding hydrogens is 1000 g/mol. The summed E-state index contributed by atoms with van der Waals surface area (Å²) >= 11 is 0. The largest absolute Gasteiger partial charge is 0.507 e. The molecule has 26 nitrogen and oxygen atoms in total. The number of nitrogens with one attached hydrogen (secondary N) is 3. The minimum atomic E-state index is -2.10. The van der Waals surface area contributed by atoms with Gasteiger partial charge in [0.15, 0.2) is 37.1 Å². The fraction of sp³-hybridized carbons (Fsp3) is 0.667. The van der Waals surface area contributed by atoms with Crippen LogP contribution in [0.3, 0.4) is 0 Å². The van der Waals surface area contributed by atoms with Gasteiger partial charge in [-0.3, -0.25) is 19.2 Å². The molecule has 75 heavy (non-hydrogen) atoms. The molecule has 27 heteroatoms. The molecule has 0 spiro atoms. The molecule has 13 N–H and O–H groups in total. The summed E-state index contributed by atoms with van der Waals surface area (Å²) in [6.07, 6.45) is -27.1. The van der Waals surface area contributed by atoms with Gasteiger partial charge in [0.25, 0.3) is 11.8 Å². The third-order valence-corrected chi connectivity index (χ3v) is 13.9. The van der Waals surface area contributed by atoms with Gasteiger partial charge in [-0.25, -0.2) is 0 Å². The molecule has 7 rings (SSSR count). The van der Waals surface area contributed by atoms with Gasteiger partial charge in [0, 0.05) is 44.7 Å². The highest BCUT2D eigenvalue weighted by atomic mass is 19.3. The first kappa shape index (κ1) is 57.9. The van der Waals surface area contributed by atoms with Crippen molar-refractivity contribution in [2.24, 2.45) is 0 Å². The summed E-state index contributed by atoms with van der Waals surface area (Å²) < 4.78 is 54.2. The monoisotopic (exact) mass is 1070 g/mol. The fourth-order valence-electron chi connectivity index (χ4n) is 9.89. The average molecular weight is 1070 g/mol. The Morgan fingerprint density at radius 1 is 0.667 bits per heavy atom.